The maximum Gasteiger partial charge on any atom is 0.344 e. The Kier molecular flexibility index (Phi) is 6.14. The van der Waals surface area contributed by atoms with E-state index in [4.69, 9.17) is 18.9 Å². The van der Waals surface area contributed by atoms with Gasteiger partial charge in [-0.25, -0.2) is 4.79 Å². The molecule has 7 nitrogen and oxygen atoms in total. The van der Waals surface area contributed by atoms with Gasteiger partial charge in [0.05, 0.1) is 6.54 Å². The summed E-state index contributed by atoms with van der Waals surface area (Å²) in [6.45, 7) is 1.84. The van der Waals surface area contributed by atoms with Crippen LogP contribution in [-0.4, -0.2) is 44.3 Å². The van der Waals surface area contributed by atoms with E-state index >= 15 is 0 Å². The summed E-state index contributed by atoms with van der Waals surface area (Å²) in [5.41, 5.74) is 0.916. The van der Waals surface area contributed by atoms with Crippen molar-refractivity contribution in [1.29, 1.82) is 0 Å². The third-order valence-electron chi connectivity index (χ3n) is 3.90. The van der Waals surface area contributed by atoms with Crippen LogP contribution in [0.5, 0.6) is 17.2 Å². The van der Waals surface area contributed by atoms with Crippen molar-refractivity contribution in [2.45, 2.75) is 13.0 Å². The first-order valence-corrected chi connectivity index (χ1v) is 8.61. The van der Waals surface area contributed by atoms with Gasteiger partial charge in [-0.2, -0.15) is 0 Å². The second kappa shape index (κ2) is 8.93. The van der Waals surface area contributed by atoms with E-state index in [1.165, 1.54) is 0 Å². The molecule has 2 aromatic carbocycles. The van der Waals surface area contributed by atoms with Crippen molar-refractivity contribution in [3.8, 4) is 17.2 Å². The zero-order valence-electron chi connectivity index (χ0n) is 15.0. The maximum atomic E-state index is 11.8. The lowest BCUT2D eigenvalue weighted by Gasteiger charge is -2.26. The molecule has 0 fully saturated rings. The predicted octanol–water partition coefficient (Wildman–Crippen LogP) is 1.87. The number of carbonyl (C=O) groups is 2. The van der Waals surface area contributed by atoms with Crippen LogP contribution in [-0.2, 0) is 14.3 Å². The standard InChI is InChI=1S/C20H21NO6/c1-14-6-2-3-7-16(14)25-13-20(23)26-12-19(22)21-10-15-11-24-17-8-4-5-9-18(17)27-15/h2-9,15H,10-13H2,1H3,(H,21,22)/t15-/m1/s1. The highest BCUT2D eigenvalue weighted by Crippen LogP contribution is 2.30. The van der Waals surface area contributed by atoms with E-state index in [0.29, 0.717) is 23.9 Å². The van der Waals surface area contributed by atoms with Crippen molar-refractivity contribution in [2.75, 3.05) is 26.4 Å². The lowest BCUT2D eigenvalue weighted by molar-refractivity contribution is -0.150. The van der Waals surface area contributed by atoms with Crippen LogP contribution < -0.4 is 19.5 Å². The van der Waals surface area contributed by atoms with Gasteiger partial charge in [-0.3, -0.25) is 4.79 Å². The molecule has 1 heterocycles. The van der Waals surface area contributed by atoms with Gasteiger partial charge in [-0.1, -0.05) is 30.3 Å². The number of fused-ring (bicyclic) bond motifs is 1. The second-order valence-corrected chi connectivity index (χ2v) is 6.02. The van der Waals surface area contributed by atoms with Crippen molar-refractivity contribution in [1.82, 2.24) is 5.32 Å². The molecule has 1 aliphatic rings. The van der Waals surface area contributed by atoms with Gasteiger partial charge in [0.1, 0.15) is 18.5 Å². The number of para-hydroxylation sites is 3. The molecule has 1 N–H and O–H groups in total. The molecule has 0 radical (unpaired) electrons. The fourth-order valence-corrected chi connectivity index (χ4v) is 2.49. The zero-order chi connectivity index (χ0) is 19.1. The van der Waals surface area contributed by atoms with Crippen LogP contribution in [0, 0.1) is 6.92 Å². The minimum atomic E-state index is -0.611. The molecule has 7 heteroatoms. The van der Waals surface area contributed by atoms with Gasteiger partial charge < -0.3 is 24.3 Å². The SMILES string of the molecule is Cc1ccccc1OCC(=O)OCC(=O)NC[C@@H]1COc2ccccc2O1. The number of benzene rings is 2. The Morgan fingerprint density at radius 1 is 1.07 bits per heavy atom. The molecule has 0 spiro atoms. The predicted molar refractivity (Wildman–Crippen MR) is 97.0 cm³/mol. The van der Waals surface area contributed by atoms with Crippen molar-refractivity contribution < 1.29 is 28.5 Å². The van der Waals surface area contributed by atoms with E-state index in [-0.39, 0.29) is 25.9 Å². The van der Waals surface area contributed by atoms with Gasteiger partial charge in [-0.15, -0.1) is 0 Å². The molecule has 0 bridgehead atoms. The summed E-state index contributed by atoms with van der Waals surface area (Å²) in [4.78, 5) is 23.5. The number of hydrogen-bond donors (Lipinski definition) is 1. The fourth-order valence-electron chi connectivity index (χ4n) is 2.49. The van der Waals surface area contributed by atoms with Gasteiger partial charge in [-0.05, 0) is 30.7 Å². The lowest BCUT2D eigenvalue weighted by Crippen LogP contribution is -2.42. The van der Waals surface area contributed by atoms with Crippen LogP contribution >= 0.6 is 0 Å². The Morgan fingerprint density at radius 3 is 2.63 bits per heavy atom. The van der Waals surface area contributed by atoms with Gasteiger partial charge in [0.2, 0.25) is 0 Å². The maximum absolute atomic E-state index is 11.8. The van der Waals surface area contributed by atoms with Crippen LogP contribution in [0.15, 0.2) is 48.5 Å². The molecule has 0 saturated carbocycles. The fraction of sp³-hybridized carbons (Fsp3) is 0.300. The minimum Gasteiger partial charge on any atom is -0.486 e. The summed E-state index contributed by atoms with van der Waals surface area (Å²) < 4.78 is 21.6. The summed E-state index contributed by atoms with van der Waals surface area (Å²) in [5.74, 6) is 0.903. The smallest absolute Gasteiger partial charge is 0.344 e. The van der Waals surface area contributed by atoms with E-state index in [9.17, 15) is 9.59 Å². The van der Waals surface area contributed by atoms with Crippen molar-refractivity contribution >= 4 is 11.9 Å². The summed E-state index contributed by atoms with van der Waals surface area (Å²) >= 11 is 0. The molecule has 0 saturated heterocycles. The first-order valence-electron chi connectivity index (χ1n) is 8.61. The molecule has 142 valence electrons. The summed E-state index contributed by atoms with van der Waals surface area (Å²) in [6, 6.07) is 14.7. The van der Waals surface area contributed by atoms with E-state index in [1.807, 2.05) is 43.3 Å². The summed E-state index contributed by atoms with van der Waals surface area (Å²) in [7, 11) is 0. The molecule has 27 heavy (non-hydrogen) atoms. The number of nitrogens with one attached hydrogen (secondary N) is 1. The number of esters is 1. The summed E-state index contributed by atoms with van der Waals surface area (Å²) in [6.07, 6.45) is -0.302. The molecular weight excluding hydrogens is 350 g/mol. The van der Waals surface area contributed by atoms with E-state index in [2.05, 4.69) is 5.32 Å². The van der Waals surface area contributed by atoms with E-state index in [1.54, 1.807) is 12.1 Å². The highest BCUT2D eigenvalue weighted by atomic mass is 16.6. The van der Waals surface area contributed by atoms with Crippen molar-refractivity contribution in [2.24, 2.45) is 0 Å². The number of aryl methyl sites for hydroxylation is 1. The van der Waals surface area contributed by atoms with Gasteiger partial charge >= 0.3 is 5.97 Å². The van der Waals surface area contributed by atoms with Crippen molar-refractivity contribution in [3.05, 3.63) is 54.1 Å². The Balaban J connectivity index is 1.34. The largest absolute Gasteiger partial charge is 0.486 e. The minimum absolute atomic E-state index is 0.254. The van der Waals surface area contributed by atoms with E-state index in [0.717, 1.165) is 5.56 Å². The highest BCUT2D eigenvalue weighted by Gasteiger charge is 2.21. The quantitative estimate of drug-likeness (QED) is 0.748. The van der Waals surface area contributed by atoms with Crippen LogP contribution in [0.25, 0.3) is 0 Å². The molecule has 0 unspecified atom stereocenters. The number of carbonyl (C=O) groups excluding carboxylic acids is 2. The van der Waals surface area contributed by atoms with Gasteiger partial charge in [0.25, 0.3) is 5.91 Å². The third-order valence-corrected chi connectivity index (χ3v) is 3.90. The average Bonchev–Trinajstić information content (AvgIpc) is 2.70. The first kappa shape index (κ1) is 18.6. The molecule has 2 aromatic rings. The zero-order valence-corrected chi connectivity index (χ0v) is 15.0. The average molecular weight is 371 g/mol. The Morgan fingerprint density at radius 2 is 1.81 bits per heavy atom. The normalized spacial score (nSPS) is 14.9. The molecule has 3 rings (SSSR count). The molecule has 0 aliphatic carbocycles. The van der Waals surface area contributed by atoms with Gasteiger partial charge in [0.15, 0.2) is 24.7 Å². The number of hydrogen-bond acceptors (Lipinski definition) is 6. The topological polar surface area (TPSA) is 83.1 Å². The van der Waals surface area contributed by atoms with Crippen LogP contribution in [0.1, 0.15) is 5.56 Å². The lowest BCUT2D eigenvalue weighted by atomic mass is 10.2. The molecule has 1 aliphatic heterocycles. The second-order valence-electron chi connectivity index (χ2n) is 6.02. The van der Waals surface area contributed by atoms with Crippen LogP contribution in [0.2, 0.25) is 0 Å². The molecule has 1 amide bonds. The summed E-state index contributed by atoms with van der Waals surface area (Å²) in [5, 5.41) is 2.66. The molecule has 1 atom stereocenters. The first-order chi connectivity index (χ1) is 13.1. The molecular formula is C20H21NO6. The monoisotopic (exact) mass is 371 g/mol. The third kappa shape index (κ3) is 5.37. The van der Waals surface area contributed by atoms with Crippen LogP contribution in [0.4, 0.5) is 0 Å². The number of ether oxygens (including phenoxy) is 4. The van der Waals surface area contributed by atoms with Crippen molar-refractivity contribution in [3.63, 3.8) is 0 Å². The molecule has 0 aromatic heterocycles. The number of amides is 1. The van der Waals surface area contributed by atoms with Crippen LogP contribution in [0.3, 0.4) is 0 Å². The Hall–Kier alpha value is -3.22. The van der Waals surface area contributed by atoms with E-state index < -0.39 is 11.9 Å². The van der Waals surface area contributed by atoms with Gasteiger partial charge in [0, 0.05) is 0 Å². The number of rotatable bonds is 7. The highest BCUT2D eigenvalue weighted by molar-refractivity contribution is 5.80. The Labute approximate surface area is 157 Å². The Bertz CT molecular complexity index is 807.